The minimum absolute atomic E-state index is 0.0301. The summed E-state index contributed by atoms with van der Waals surface area (Å²) in [4.78, 5) is 30.1. The summed E-state index contributed by atoms with van der Waals surface area (Å²) in [6.07, 6.45) is 0.437. The zero-order valence-electron chi connectivity index (χ0n) is 11.1. The van der Waals surface area contributed by atoms with Gasteiger partial charge >= 0.3 is 18.1 Å². The number of anilines is 1. The van der Waals surface area contributed by atoms with E-state index in [1.165, 1.54) is 6.07 Å². The van der Waals surface area contributed by atoms with Crippen molar-refractivity contribution >= 4 is 29.3 Å². The summed E-state index contributed by atoms with van der Waals surface area (Å²) in [5.74, 6) is -1.13. The third kappa shape index (κ3) is 3.22. The van der Waals surface area contributed by atoms with Gasteiger partial charge in [-0.25, -0.2) is 19.9 Å². The second-order valence-electron chi connectivity index (χ2n) is 5.00. The van der Waals surface area contributed by atoms with Crippen LogP contribution in [0.1, 0.15) is 31.1 Å². The Labute approximate surface area is 113 Å². The maximum atomic E-state index is 11.5. The second kappa shape index (κ2) is 4.80. The first kappa shape index (κ1) is 13.8. The van der Waals surface area contributed by atoms with Crippen molar-refractivity contribution < 1.29 is 23.8 Å². The van der Waals surface area contributed by atoms with Gasteiger partial charge in [-0.15, -0.1) is 0 Å². The van der Waals surface area contributed by atoms with E-state index in [1.807, 2.05) is 0 Å². The number of fused-ring (bicyclic) bond motifs is 1. The Kier molecular flexibility index (Phi) is 3.31. The number of nitrogens with one attached hydrogen (secondary N) is 1. The third-order valence-corrected chi connectivity index (χ3v) is 2.10. The lowest BCUT2D eigenvalue weighted by atomic mass is 10.2. The normalized spacial score (nSPS) is 11.3. The Balaban J connectivity index is 2.20. The molecule has 20 heavy (non-hydrogen) atoms. The van der Waals surface area contributed by atoms with Crippen LogP contribution < -0.4 is 5.32 Å². The molecule has 1 amide bonds. The molecule has 0 spiro atoms. The molecule has 2 aromatic heterocycles. The number of carboxylic acid groups (broad SMARTS) is 1. The Morgan fingerprint density at radius 3 is 2.70 bits per heavy atom. The number of aromatic carboxylic acids is 1. The number of hydrogen-bond donors (Lipinski definition) is 2. The fourth-order valence-corrected chi connectivity index (χ4v) is 1.38. The van der Waals surface area contributed by atoms with Crippen LogP contribution in [0, 0.1) is 0 Å². The van der Waals surface area contributed by atoms with Crippen molar-refractivity contribution in [2.75, 3.05) is 5.32 Å². The highest BCUT2D eigenvalue weighted by atomic mass is 16.6. The molecule has 0 bridgehead atoms. The molecule has 0 aliphatic carbocycles. The molecule has 2 rings (SSSR count). The van der Waals surface area contributed by atoms with Gasteiger partial charge in [0, 0.05) is 12.3 Å². The number of carbonyl (C=O) groups is 2. The van der Waals surface area contributed by atoms with Gasteiger partial charge < -0.3 is 14.3 Å². The quantitative estimate of drug-likeness (QED) is 0.866. The zero-order valence-corrected chi connectivity index (χ0v) is 11.1. The topological polar surface area (TPSA) is 115 Å². The fourth-order valence-electron chi connectivity index (χ4n) is 1.38. The van der Waals surface area contributed by atoms with Crippen LogP contribution in [-0.4, -0.2) is 32.7 Å². The number of aromatic nitrogens is 2. The number of rotatable bonds is 2. The van der Waals surface area contributed by atoms with Crippen molar-refractivity contribution in [1.82, 2.24) is 9.97 Å². The van der Waals surface area contributed by atoms with E-state index >= 15 is 0 Å². The van der Waals surface area contributed by atoms with Crippen molar-refractivity contribution in [3.05, 3.63) is 17.8 Å². The summed E-state index contributed by atoms with van der Waals surface area (Å²) in [6, 6.07) is 1.17. The maximum absolute atomic E-state index is 11.5. The van der Waals surface area contributed by atoms with Crippen LogP contribution in [-0.2, 0) is 4.74 Å². The van der Waals surface area contributed by atoms with Gasteiger partial charge in [-0.1, -0.05) is 0 Å². The standard InChI is InChI=1S/C12H13N3O5/c1-12(2,3)20-11(18)15-10-14-8-7(19-10)4-6(5-13-8)9(16)17/h4-5H,1-3H3,(H,16,17)(H,13,14,15,18). The molecule has 0 aromatic carbocycles. The van der Waals surface area contributed by atoms with Gasteiger partial charge in [-0.2, -0.15) is 4.98 Å². The van der Waals surface area contributed by atoms with E-state index in [9.17, 15) is 9.59 Å². The van der Waals surface area contributed by atoms with Crippen LogP contribution in [0.2, 0.25) is 0 Å². The number of amides is 1. The molecular formula is C12H13N3O5. The molecule has 2 aromatic rings. The average Bonchev–Trinajstić information content (AvgIpc) is 2.66. The first-order valence-electron chi connectivity index (χ1n) is 5.74. The van der Waals surface area contributed by atoms with Gasteiger partial charge in [-0.05, 0) is 20.8 Å². The van der Waals surface area contributed by atoms with E-state index in [0.717, 1.165) is 6.20 Å². The molecule has 2 heterocycles. The highest BCUT2D eigenvalue weighted by molar-refractivity contribution is 5.91. The molecule has 0 saturated heterocycles. The van der Waals surface area contributed by atoms with Gasteiger partial charge in [-0.3, -0.25) is 0 Å². The first-order chi connectivity index (χ1) is 9.24. The Morgan fingerprint density at radius 2 is 2.10 bits per heavy atom. The number of ether oxygens (including phenoxy) is 1. The summed E-state index contributed by atoms with van der Waals surface area (Å²) >= 11 is 0. The predicted molar refractivity (Wildman–Crippen MR) is 68.6 cm³/mol. The Bertz CT molecular complexity index is 671. The van der Waals surface area contributed by atoms with Gasteiger partial charge in [0.05, 0.1) is 5.56 Å². The van der Waals surface area contributed by atoms with Crippen LogP contribution in [0.3, 0.4) is 0 Å². The number of pyridine rings is 1. The molecule has 0 saturated carbocycles. The number of carbonyl (C=O) groups excluding carboxylic acids is 1. The summed E-state index contributed by atoms with van der Waals surface area (Å²) in [5.41, 5.74) is -0.320. The van der Waals surface area contributed by atoms with E-state index in [2.05, 4.69) is 15.3 Å². The molecule has 0 radical (unpaired) electrons. The second-order valence-corrected chi connectivity index (χ2v) is 5.00. The molecule has 0 aliphatic rings. The minimum Gasteiger partial charge on any atom is -0.478 e. The van der Waals surface area contributed by atoms with E-state index < -0.39 is 17.7 Å². The van der Waals surface area contributed by atoms with E-state index in [-0.39, 0.29) is 22.8 Å². The fraction of sp³-hybridized carbons (Fsp3) is 0.333. The Hall–Kier alpha value is -2.64. The first-order valence-corrected chi connectivity index (χ1v) is 5.74. The van der Waals surface area contributed by atoms with Crippen molar-refractivity contribution in [2.45, 2.75) is 26.4 Å². The van der Waals surface area contributed by atoms with Crippen molar-refractivity contribution in [3.8, 4) is 0 Å². The molecule has 8 nitrogen and oxygen atoms in total. The minimum atomic E-state index is -1.13. The molecule has 2 N–H and O–H groups in total. The van der Waals surface area contributed by atoms with E-state index in [0.29, 0.717) is 0 Å². The van der Waals surface area contributed by atoms with E-state index in [1.54, 1.807) is 20.8 Å². The molecule has 0 atom stereocenters. The van der Waals surface area contributed by atoms with Crippen LogP contribution in [0.5, 0.6) is 0 Å². The lowest BCUT2D eigenvalue weighted by molar-refractivity contribution is 0.0630. The van der Waals surface area contributed by atoms with Gasteiger partial charge in [0.15, 0.2) is 5.58 Å². The number of carboxylic acids is 1. The number of oxazole rings is 1. The smallest absolute Gasteiger partial charge is 0.415 e. The molecule has 0 fully saturated rings. The van der Waals surface area contributed by atoms with Crippen molar-refractivity contribution in [1.29, 1.82) is 0 Å². The number of nitrogens with zero attached hydrogens (tertiary/aromatic N) is 2. The number of hydrogen-bond acceptors (Lipinski definition) is 6. The lowest BCUT2D eigenvalue weighted by Gasteiger charge is -2.18. The maximum Gasteiger partial charge on any atom is 0.415 e. The summed E-state index contributed by atoms with van der Waals surface area (Å²) in [6.45, 7) is 5.16. The highest BCUT2D eigenvalue weighted by Crippen LogP contribution is 2.19. The van der Waals surface area contributed by atoms with Crippen LogP contribution in [0.15, 0.2) is 16.7 Å². The molecule has 0 unspecified atom stereocenters. The Morgan fingerprint density at radius 1 is 1.40 bits per heavy atom. The lowest BCUT2D eigenvalue weighted by Crippen LogP contribution is -2.27. The van der Waals surface area contributed by atoms with Crippen LogP contribution in [0.4, 0.5) is 10.8 Å². The van der Waals surface area contributed by atoms with Crippen molar-refractivity contribution in [3.63, 3.8) is 0 Å². The van der Waals surface area contributed by atoms with Gasteiger partial charge in [0.2, 0.25) is 5.65 Å². The average molecular weight is 279 g/mol. The molecule has 106 valence electrons. The van der Waals surface area contributed by atoms with Crippen LogP contribution in [0.25, 0.3) is 11.2 Å². The third-order valence-electron chi connectivity index (χ3n) is 2.10. The monoisotopic (exact) mass is 279 g/mol. The molecule has 8 heteroatoms. The van der Waals surface area contributed by atoms with Crippen LogP contribution >= 0.6 is 0 Å². The molecule has 0 aliphatic heterocycles. The predicted octanol–water partition coefficient (Wildman–Crippen LogP) is 2.27. The highest BCUT2D eigenvalue weighted by Gasteiger charge is 2.18. The summed E-state index contributed by atoms with van der Waals surface area (Å²) in [7, 11) is 0. The van der Waals surface area contributed by atoms with Crippen molar-refractivity contribution in [2.24, 2.45) is 0 Å². The molecular weight excluding hydrogens is 266 g/mol. The summed E-state index contributed by atoms with van der Waals surface area (Å²) < 4.78 is 10.2. The summed E-state index contributed by atoms with van der Waals surface area (Å²) in [5, 5.41) is 11.1. The largest absolute Gasteiger partial charge is 0.478 e. The van der Waals surface area contributed by atoms with E-state index in [4.69, 9.17) is 14.3 Å². The van der Waals surface area contributed by atoms with Gasteiger partial charge in [0.25, 0.3) is 0 Å². The zero-order chi connectivity index (χ0) is 14.9. The SMILES string of the molecule is CC(C)(C)OC(=O)Nc1nc2ncc(C(=O)O)cc2o1. The van der Waals surface area contributed by atoms with Gasteiger partial charge in [0.1, 0.15) is 5.60 Å².